The lowest BCUT2D eigenvalue weighted by molar-refractivity contribution is -0.120. The van der Waals surface area contributed by atoms with Gasteiger partial charge in [-0.15, -0.1) is 0 Å². The van der Waals surface area contributed by atoms with Gasteiger partial charge in [-0.2, -0.15) is 0 Å². The summed E-state index contributed by atoms with van der Waals surface area (Å²) < 4.78 is 13.0. The zero-order chi connectivity index (χ0) is 15.1. The summed E-state index contributed by atoms with van der Waals surface area (Å²) in [6.45, 7) is 3.04. The summed E-state index contributed by atoms with van der Waals surface area (Å²) in [5.74, 6) is -1.20. The predicted molar refractivity (Wildman–Crippen MR) is 75.4 cm³/mol. The normalized spacial score (nSPS) is 10.6. The maximum Gasteiger partial charge on any atom is 0.231 e. The molecule has 0 atom stereocenters. The first-order valence-electron chi connectivity index (χ1n) is 6.28. The van der Waals surface area contributed by atoms with Crippen molar-refractivity contribution < 1.29 is 14.0 Å². The van der Waals surface area contributed by atoms with Crippen LogP contribution in [0.2, 0.25) is 0 Å². The molecule has 1 aromatic rings. The van der Waals surface area contributed by atoms with Crippen molar-refractivity contribution in [3.63, 3.8) is 0 Å². The van der Waals surface area contributed by atoms with Crippen LogP contribution in [0.3, 0.4) is 0 Å². The highest BCUT2D eigenvalue weighted by Crippen LogP contribution is 2.16. The summed E-state index contributed by atoms with van der Waals surface area (Å²) in [5.41, 5.74) is 10.9. The van der Waals surface area contributed by atoms with Crippen LogP contribution >= 0.6 is 0 Å². The Morgan fingerprint density at radius 2 is 2.10 bits per heavy atom. The Morgan fingerprint density at radius 3 is 2.65 bits per heavy atom. The van der Waals surface area contributed by atoms with Crippen molar-refractivity contribution in [1.29, 1.82) is 0 Å². The first kappa shape index (κ1) is 15.9. The molecule has 0 unspecified atom stereocenters. The summed E-state index contributed by atoms with van der Waals surface area (Å²) in [5, 5.41) is 2.61. The fourth-order valence-electron chi connectivity index (χ4n) is 1.67. The zero-order valence-electron chi connectivity index (χ0n) is 11.4. The lowest BCUT2D eigenvalue weighted by Crippen LogP contribution is -2.35. The molecule has 0 heterocycles. The minimum Gasteiger partial charge on any atom is -0.396 e. The van der Waals surface area contributed by atoms with Gasteiger partial charge in [-0.3, -0.25) is 14.5 Å². The Bertz CT molecular complexity index is 493. The van der Waals surface area contributed by atoms with Crippen LogP contribution in [-0.2, 0) is 9.59 Å². The van der Waals surface area contributed by atoms with E-state index in [1.807, 2.05) is 6.92 Å². The predicted octanol–water partition coefficient (Wildman–Crippen LogP) is 0.544. The molecule has 1 aromatic carbocycles. The highest BCUT2D eigenvalue weighted by molar-refractivity contribution is 5.91. The maximum atomic E-state index is 13.0. The molecule has 20 heavy (non-hydrogen) atoms. The van der Waals surface area contributed by atoms with Crippen molar-refractivity contribution >= 4 is 23.2 Å². The van der Waals surface area contributed by atoms with Gasteiger partial charge in [0, 0.05) is 18.7 Å². The molecule has 0 aliphatic heterocycles. The molecule has 1 rings (SSSR count). The molecule has 0 spiro atoms. The number of hydrogen-bond acceptors (Lipinski definition) is 4. The number of anilines is 2. The Hall–Kier alpha value is -2.15. The van der Waals surface area contributed by atoms with Crippen LogP contribution in [0.15, 0.2) is 18.2 Å². The molecule has 0 fully saturated rings. The van der Waals surface area contributed by atoms with Crippen LogP contribution < -0.4 is 16.8 Å². The third-order valence-corrected chi connectivity index (χ3v) is 2.76. The molecule has 0 aliphatic rings. The number of amides is 2. The summed E-state index contributed by atoms with van der Waals surface area (Å²) in [6.07, 6.45) is 0.207. The number of carbonyl (C=O) groups excluding carboxylic acids is 2. The Morgan fingerprint density at radius 1 is 1.40 bits per heavy atom. The van der Waals surface area contributed by atoms with Crippen molar-refractivity contribution in [2.24, 2.45) is 5.73 Å². The smallest absolute Gasteiger partial charge is 0.231 e. The van der Waals surface area contributed by atoms with E-state index in [9.17, 15) is 14.0 Å². The number of carbonyl (C=O) groups is 2. The minimum atomic E-state index is -0.526. The summed E-state index contributed by atoms with van der Waals surface area (Å²) in [7, 11) is 0. The van der Waals surface area contributed by atoms with E-state index in [2.05, 4.69) is 5.32 Å². The van der Waals surface area contributed by atoms with Gasteiger partial charge in [-0.05, 0) is 24.7 Å². The number of nitrogen functional groups attached to an aromatic ring is 1. The maximum absolute atomic E-state index is 13.0. The van der Waals surface area contributed by atoms with Crippen LogP contribution in [-0.4, -0.2) is 36.3 Å². The molecular weight excluding hydrogens is 263 g/mol. The fourth-order valence-corrected chi connectivity index (χ4v) is 1.67. The van der Waals surface area contributed by atoms with Crippen LogP contribution in [0.25, 0.3) is 0 Å². The lowest BCUT2D eigenvalue weighted by atomic mass is 10.2. The van der Waals surface area contributed by atoms with Crippen LogP contribution in [0.1, 0.15) is 13.3 Å². The van der Waals surface area contributed by atoms with Crippen molar-refractivity contribution in [3.05, 3.63) is 24.0 Å². The quantitative estimate of drug-likeness (QED) is 0.635. The Kier molecular flexibility index (Phi) is 5.92. The molecule has 0 saturated carbocycles. The van der Waals surface area contributed by atoms with E-state index in [-0.39, 0.29) is 24.6 Å². The van der Waals surface area contributed by atoms with E-state index in [1.54, 1.807) is 4.90 Å². The van der Waals surface area contributed by atoms with Crippen molar-refractivity contribution in [1.82, 2.24) is 4.90 Å². The van der Waals surface area contributed by atoms with Crippen LogP contribution in [0.5, 0.6) is 0 Å². The largest absolute Gasteiger partial charge is 0.396 e. The molecule has 110 valence electrons. The van der Waals surface area contributed by atoms with Gasteiger partial charge in [-0.1, -0.05) is 6.92 Å². The first-order valence-corrected chi connectivity index (χ1v) is 6.28. The van der Waals surface area contributed by atoms with Gasteiger partial charge in [0.1, 0.15) is 5.82 Å². The molecule has 0 aromatic heterocycles. The number of benzene rings is 1. The summed E-state index contributed by atoms with van der Waals surface area (Å²) in [4.78, 5) is 24.3. The third-order valence-electron chi connectivity index (χ3n) is 2.76. The number of rotatable bonds is 7. The van der Waals surface area contributed by atoms with Gasteiger partial charge in [0.15, 0.2) is 0 Å². The molecule has 6 nitrogen and oxygen atoms in total. The molecule has 2 amide bonds. The van der Waals surface area contributed by atoms with E-state index < -0.39 is 11.7 Å². The molecule has 0 aliphatic carbocycles. The van der Waals surface area contributed by atoms with Crippen molar-refractivity contribution in [3.8, 4) is 0 Å². The van der Waals surface area contributed by atoms with Gasteiger partial charge in [0.25, 0.3) is 0 Å². The van der Waals surface area contributed by atoms with E-state index in [1.165, 1.54) is 18.2 Å². The molecular formula is C13H19FN4O2. The zero-order valence-corrected chi connectivity index (χ0v) is 11.4. The third kappa shape index (κ3) is 5.23. The first-order chi connectivity index (χ1) is 9.42. The van der Waals surface area contributed by atoms with Crippen LogP contribution in [0.4, 0.5) is 15.8 Å². The molecule has 0 radical (unpaired) electrons. The number of nitrogens with one attached hydrogen (secondary N) is 1. The molecule has 5 N–H and O–H groups in total. The van der Waals surface area contributed by atoms with Crippen LogP contribution in [0, 0.1) is 5.82 Å². The highest BCUT2D eigenvalue weighted by atomic mass is 19.1. The summed E-state index contributed by atoms with van der Waals surface area (Å²) >= 11 is 0. The fraction of sp³-hybridized carbons (Fsp3) is 0.385. The Balaban J connectivity index is 2.46. The van der Waals surface area contributed by atoms with Gasteiger partial charge in [0.05, 0.1) is 12.2 Å². The van der Waals surface area contributed by atoms with Gasteiger partial charge in [0.2, 0.25) is 11.8 Å². The number of halogens is 1. The van der Waals surface area contributed by atoms with E-state index in [0.29, 0.717) is 18.8 Å². The standard InChI is InChI=1S/C13H19FN4O2/c1-2-18(8-12(16)19)6-5-13(20)17-9-3-4-10(14)11(15)7-9/h3-4,7H,2,5-6,8,15H2,1H3,(H2,16,19)(H,17,20). The average Bonchev–Trinajstić information content (AvgIpc) is 2.38. The van der Waals surface area contributed by atoms with E-state index >= 15 is 0 Å². The van der Waals surface area contributed by atoms with Gasteiger partial charge < -0.3 is 16.8 Å². The monoisotopic (exact) mass is 282 g/mol. The number of likely N-dealkylation sites (N-methyl/N-ethyl adjacent to an activating group) is 1. The number of nitrogens with two attached hydrogens (primary N) is 2. The molecule has 7 heteroatoms. The Labute approximate surface area is 116 Å². The second kappa shape index (κ2) is 7.44. The number of hydrogen-bond donors (Lipinski definition) is 3. The van der Waals surface area contributed by atoms with E-state index in [0.717, 1.165) is 0 Å². The second-order valence-electron chi connectivity index (χ2n) is 4.37. The highest BCUT2D eigenvalue weighted by Gasteiger charge is 2.09. The van der Waals surface area contributed by atoms with E-state index in [4.69, 9.17) is 11.5 Å². The average molecular weight is 282 g/mol. The number of nitrogens with zero attached hydrogens (tertiary/aromatic N) is 1. The molecule has 0 saturated heterocycles. The second-order valence-corrected chi connectivity index (χ2v) is 4.37. The molecule has 0 bridgehead atoms. The SMILES string of the molecule is CCN(CCC(=O)Nc1ccc(F)c(N)c1)CC(N)=O. The van der Waals surface area contributed by atoms with Gasteiger partial charge >= 0.3 is 0 Å². The minimum absolute atomic E-state index is 0.0216. The van der Waals surface area contributed by atoms with Gasteiger partial charge in [-0.25, -0.2) is 4.39 Å². The topological polar surface area (TPSA) is 101 Å². The van der Waals surface area contributed by atoms with Crippen molar-refractivity contribution in [2.75, 3.05) is 30.7 Å². The lowest BCUT2D eigenvalue weighted by Gasteiger charge is -2.17. The number of primary amides is 1. The summed E-state index contributed by atoms with van der Waals surface area (Å²) in [6, 6.07) is 3.98. The van der Waals surface area contributed by atoms with Crippen molar-refractivity contribution in [2.45, 2.75) is 13.3 Å².